The molecule has 0 aliphatic heterocycles. The fourth-order valence-corrected chi connectivity index (χ4v) is 2.36. The Morgan fingerprint density at radius 3 is 2.54 bits per heavy atom. The van der Waals surface area contributed by atoms with Gasteiger partial charge < -0.3 is 10.6 Å². The normalized spacial score (nSPS) is 10.4. The summed E-state index contributed by atoms with van der Waals surface area (Å²) in [4.78, 5) is 16.4. The average Bonchev–Trinajstić information content (AvgIpc) is 2.63. The van der Waals surface area contributed by atoms with Gasteiger partial charge in [0.15, 0.2) is 0 Å². The largest absolute Gasteiger partial charge is 0.348 e. The zero-order valence-corrected chi connectivity index (χ0v) is 14.1. The summed E-state index contributed by atoms with van der Waals surface area (Å²) in [6.07, 6.45) is 1.45. The van der Waals surface area contributed by atoms with Gasteiger partial charge in [0.25, 0.3) is 5.91 Å². The van der Waals surface area contributed by atoms with Crippen LogP contribution in [0.3, 0.4) is 0 Å². The summed E-state index contributed by atoms with van der Waals surface area (Å²) < 4.78 is 26.7. The fourth-order valence-electron chi connectivity index (χ4n) is 2.36. The second-order valence-electron chi connectivity index (χ2n) is 5.85. The average molecular weight is 353 g/mol. The second-order valence-corrected chi connectivity index (χ2v) is 5.85. The van der Waals surface area contributed by atoms with Crippen molar-refractivity contribution in [2.24, 2.45) is 0 Å². The summed E-state index contributed by atoms with van der Waals surface area (Å²) in [7, 11) is 0. The standard InChI is InChI=1S/C20H17F2N3O/c1-13-2-4-14(5-3-13)12-24-20(26)15-8-9-23-19(10-15)25-18-7-6-16(21)11-17(18)22/h2-11H,12H2,1H3,(H,23,25)(H,24,26). The van der Waals surface area contributed by atoms with Crippen molar-refractivity contribution in [3.05, 3.63) is 89.1 Å². The molecule has 0 fully saturated rings. The molecule has 0 aliphatic carbocycles. The minimum absolute atomic E-state index is 0.0797. The number of rotatable bonds is 5. The fraction of sp³-hybridized carbons (Fsp3) is 0.100. The van der Waals surface area contributed by atoms with E-state index in [0.717, 1.165) is 23.3 Å². The minimum atomic E-state index is -0.735. The van der Waals surface area contributed by atoms with Crippen LogP contribution in [-0.2, 0) is 6.54 Å². The molecule has 0 atom stereocenters. The first kappa shape index (κ1) is 17.5. The van der Waals surface area contributed by atoms with Crippen LogP contribution in [-0.4, -0.2) is 10.9 Å². The van der Waals surface area contributed by atoms with Gasteiger partial charge in [0, 0.05) is 24.4 Å². The summed E-state index contributed by atoms with van der Waals surface area (Å²) in [5, 5.41) is 5.57. The maximum absolute atomic E-state index is 13.7. The lowest BCUT2D eigenvalue weighted by molar-refractivity contribution is 0.0951. The number of carbonyl (C=O) groups excluding carboxylic acids is 1. The third-order valence-corrected chi connectivity index (χ3v) is 3.79. The van der Waals surface area contributed by atoms with Crippen LogP contribution in [0.1, 0.15) is 21.5 Å². The second kappa shape index (κ2) is 7.74. The monoisotopic (exact) mass is 353 g/mol. The van der Waals surface area contributed by atoms with E-state index in [-0.39, 0.29) is 11.6 Å². The zero-order chi connectivity index (χ0) is 18.5. The number of aromatic nitrogens is 1. The molecule has 0 spiro atoms. The van der Waals surface area contributed by atoms with Gasteiger partial charge in [-0.2, -0.15) is 0 Å². The first-order valence-electron chi connectivity index (χ1n) is 8.03. The van der Waals surface area contributed by atoms with Crippen LogP contribution < -0.4 is 10.6 Å². The first-order valence-corrected chi connectivity index (χ1v) is 8.03. The molecule has 1 aromatic heterocycles. The summed E-state index contributed by atoms with van der Waals surface area (Å²) >= 11 is 0. The molecule has 0 unspecified atom stereocenters. The number of halogens is 2. The topological polar surface area (TPSA) is 54.0 Å². The van der Waals surface area contributed by atoms with Crippen LogP contribution in [0, 0.1) is 18.6 Å². The molecule has 0 radical (unpaired) electrons. The van der Waals surface area contributed by atoms with Crippen molar-refractivity contribution in [3.63, 3.8) is 0 Å². The molecule has 4 nitrogen and oxygen atoms in total. The van der Waals surface area contributed by atoms with E-state index in [2.05, 4.69) is 15.6 Å². The highest BCUT2D eigenvalue weighted by Gasteiger charge is 2.09. The van der Waals surface area contributed by atoms with Gasteiger partial charge >= 0.3 is 0 Å². The Hall–Kier alpha value is -3.28. The summed E-state index contributed by atoms with van der Waals surface area (Å²) in [6, 6.07) is 14.1. The molecule has 0 aliphatic rings. The predicted octanol–water partition coefficient (Wildman–Crippen LogP) is 4.34. The van der Waals surface area contributed by atoms with E-state index in [1.54, 1.807) is 6.07 Å². The SMILES string of the molecule is Cc1ccc(CNC(=O)c2ccnc(Nc3ccc(F)cc3F)c2)cc1. The van der Waals surface area contributed by atoms with E-state index in [4.69, 9.17) is 0 Å². The Bertz CT molecular complexity index is 927. The smallest absolute Gasteiger partial charge is 0.251 e. The minimum Gasteiger partial charge on any atom is -0.348 e. The van der Waals surface area contributed by atoms with Crippen molar-refractivity contribution >= 4 is 17.4 Å². The Kier molecular flexibility index (Phi) is 5.22. The Morgan fingerprint density at radius 2 is 1.81 bits per heavy atom. The highest BCUT2D eigenvalue weighted by Crippen LogP contribution is 2.20. The van der Waals surface area contributed by atoms with Gasteiger partial charge in [-0.1, -0.05) is 29.8 Å². The number of nitrogens with one attached hydrogen (secondary N) is 2. The predicted molar refractivity (Wildman–Crippen MR) is 96.2 cm³/mol. The molecule has 132 valence electrons. The summed E-state index contributed by atoms with van der Waals surface area (Å²) in [5.41, 5.74) is 2.61. The van der Waals surface area contributed by atoms with Crippen molar-refractivity contribution in [1.29, 1.82) is 0 Å². The molecule has 2 N–H and O–H groups in total. The lowest BCUT2D eigenvalue weighted by atomic mass is 10.1. The van der Waals surface area contributed by atoms with Crippen LogP contribution in [0.25, 0.3) is 0 Å². The van der Waals surface area contributed by atoms with E-state index >= 15 is 0 Å². The van der Waals surface area contributed by atoms with Crippen LogP contribution in [0.4, 0.5) is 20.3 Å². The van der Waals surface area contributed by atoms with E-state index in [0.29, 0.717) is 17.9 Å². The molecular weight excluding hydrogens is 336 g/mol. The van der Waals surface area contributed by atoms with Gasteiger partial charge in [0.2, 0.25) is 0 Å². The molecule has 3 rings (SSSR count). The van der Waals surface area contributed by atoms with Gasteiger partial charge in [-0.25, -0.2) is 13.8 Å². The quantitative estimate of drug-likeness (QED) is 0.717. The maximum atomic E-state index is 13.7. The molecule has 1 heterocycles. The molecule has 0 saturated heterocycles. The number of pyridine rings is 1. The molecular formula is C20H17F2N3O. The van der Waals surface area contributed by atoms with Crippen molar-refractivity contribution in [2.45, 2.75) is 13.5 Å². The van der Waals surface area contributed by atoms with E-state index in [1.807, 2.05) is 31.2 Å². The van der Waals surface area contributed by atoms with Crippen molar-refractivity contribution in [2.75, 3.05) is 5.32 Å². The number of carbonyl (C=O) groups is 1. The highest BCUT2D eigenvalue weighted by molar-refractivity contribution is 5.94. The summed E-state index contributed by atoms with van der Waals surface area (Å²) in [6.45, 7) is 2.40. The lowest BCUT2D eigenvalue weighted by Gasteiger charge is -2.09. The number of nitrogens with zero attached hydrogens (tertiary/aromatic N) is 1. The lowest BCUT2D eigenvalue weighted by Crippen LogP contribution is -2.22. The van der Waals surface area contributed by atoms with Crippen molar-refractivity contribution in [3.8, 4) is 0 Å². The van der Waals surface area contributed by atoms with Crippen LogP contribution in [0.15, 0.2) is 60.8 Å². The van der Waals surface area contributed by atoms with Crippen LogP contribution in [0.5, 0.6) is 0 Å². The van der Waals surface area contributed by atoms with Crippen LogP contribution in [0.2, 0.25) is 0 Å². The molecule has 26 heavy (non-hydrogen) atoms. The Morgan fingerprint density at radius 1 is 1.04 bits per heavy atom. The number of benzene rings is 2. The highest BCUT2D eigenvalue weighted by atomic mass is 19.1. The Balaban J connectivity index is 1.68. The molecule has 1 amide bonds. The van der Waals surface area contributed by atoms with E-state index in [1.165, 1.54) is 18.3 Å². The van der Waals surface area contributed by atoms with E-state index < -0.39 is 11.6 Å². The maximum Gasteiger partial charge on any atom is 0.251 e. The number of anilines is 2. The van der Waals surface area contributed by atoms with Gasteiger partial charge in [0.05, 0.1) is 5.69 Å². The molecule has 0 saturated carbocycles. The molecule has 6 heteroatoms. The number of hydrogen-bond donors (Lipinski definition) is 2. The number of hydrogen-bond acceptors (Lipinski definition) is 3. The third-order valence-electron chi connectivity index (χ3n) is 3.79. The van der Waals surface area contributed by atoms with Crippen LogP contribution >= 0.6 is 0 Å². The number of aryl methyl sites for hydroxylation is 1. The van der Waals surface area contributed by atoms with Crippen molar-refractivity contribution in [1.82, 2.24) is 10.3 Å². The van der Waals surface area contributed by atoms with Gasteiger partial charge in [-0.15, -0.1) is 0 Å². The zero-order valence-electron chi connectivity index (χ0n) is 14.1. The molecule has 2 aromatic carbocycles. The Labute approximate surface area is 149 Å². The first-order chi connectivity index (χ1) is 12.5. The van der Waals surface area contributed by atoms with Crippen molar-refractivity contribution < 1.29 is 13.6 Å². The third kappa shape index (κ3) is 4.42. The summed E-state index contributed by atoms with van der Waals surface area (Å²) in [5.74, 6) is -1.37. The molecule has 3 aromatic rings. The van der Waals surface area contributed by atoms with Gasteiger partial charge in [-0.05, 0) is 36.8 Å². The number of amides is 1. The van der Waals surface area contributed by atoms with E-state index in [9.17, 15) is 13.6 Å². The van der Waals surface area contributed by atoms with Gasteiger partial charge in [-0.3, -0.25) is 4.79 Å². The molecule has 0 bridgehead atoms. The van der Waals surface area contributed by atoms with Gasteiger partial charge in [0.1, 0.15) is 17.5 Å².